The number of amides is 2. The van der Waals surface area contributed by atoms with E-state index in [-0.39, 0.29) is 23.5 Å². The van der Waals surface area contributed by atoms with Crippen molar-refractivity contribution in [2.75, 3.05) is 30.4 Å². The van der Waals surface area contributed by atoms with Gasteiger partial charge < -0.3 is 26.4 Å². The van der Waals surface area contributed by atoms with Gasteiger partial charge in [0.2, 0.25) is 5.91 Å². The van der Waals surface area contributed by atoms with Gasteiger partial charge in [0.25, 0.3) is 5.91 Å². The van der Waals surface area contributed by atoms with Crippen molar-refractivity contribution in [1.82, 2.24) is 15.3 Å². The van der Waals surface area contributed by atoms with Crippen molar-refractivity contribution in [3.8, 4) is 11.8 Å². The fourth-order valence-corrected chi connectivity index (χ4v) is 3.42. The highest BCUT2D eigenvalue weighted by molar-refractivity contribution is 5.96. The van der Waals surface area contributed by atoms with E-state index in [1.54, 1.807) is 0 Å². The molecule has 178 valence electrons. The molecular weight excluding hydrogens is 432 g/mol. The minimum Gasteiger partial charge on any atom is -0.381 e. The Balaban J connectivity index is 1.79. The predicted octanol–water partition coefficient (Wildman–Crippen LogP) is 2.52. The second-order valence-corrected chi connectivity index (χ2v) is 7.72. The van der Waals surface area contributed by atoms with E-state index < -0.39 is 5.91 Å². The molecule has 1 aliphatic heterocycles. The van der Waals surface area contributed by atoms with Crippen LogP contribution in [0.1, 0.15) is 47.9 Å². The summed E-state index contributed by atoms with van der Waals surface area (Å²) in [5.41, 5.74) is 7.86. The Morgan fingerprint density at radius 2 is 2.06 bits per heavy atom. The minimum absolute atomic E-state index is 0.0869. The zero-order valence-corrected chi connectivity index (χ0v) is 19.3. The van der Waals surface area contributed by atoms with Gasteiger partial charge in [0.05, 0.1) is 5.69 Å². The van der Waals surface area contributed by atoms with Crippen LogP contribution in [0.25, 0.3) is 0 Å². The Morgan fingerprint density at radius 1 is 1.26 bits per heavy atom. The van der Waals surface area contributed by atoms with Gasteiger partial charge >= 0.3 is 0 Å². The number of rotatable bonds is 9. The standard InChI is InChI=1S/C25H30N6O3/c1-3-20-24(28-18-11-14-34-15-12-18)31-25(22(30-20)23(26)33)29-19-10-7-9-17(16-19)8-5-6-13-27-21(32)4-2/h4,7,9-10,16,18H,2-3,6,11-15H2,1H3,(H2,26,33)(H,27,32)(H2,28,29,31). The van der Waals surface area contributed by atoms with Gasteiger partial charge in [-0.05, 0) is 43.5 Å². The van der Waals surface area contributed by atoms with Crippen molar-refractivity contribution in [2.24, 2.45) is 5.73 Å². The molecule has 2 amide bonds. The molecule has 1 aromatic carbocycles. The van der Waals surface area contributed by atoms with E-state index >= 15 is 0 Å². The van der Waals surface area contributed by atoms with E-state index in [1.165, 1.54) is 6.08 Å². The molecule has 0 saturated carbocycles. The number of nitrogens with one attached hydrogen (secondary N) is 3. The number of aryl methyl sites for hydroxylation is 1. The van der Waals surface area contributed by atoms with E-state index in [2.05, 4.69) is 44.3 Å². The summed E-state index contributed by atoms with van der Waals surface area (Å²) in [7, 11) is 0. The van der Waals surface area contributed by atoms with Crippen molar-refractivity contribution in [3.05, 3.63) is 53.9 Å². The average Bonchev–Trinajstić information content (AvgIpc) is 2.84. The third-order valence-electron chi connectivity index (χ3n) is 5.19. The SMILES string of the molecule is C=CC(=O)NCCC#Cc1cccc(Nc2nc(NC3CCOCC3)c(CC)nc2C(N)=O)c1. The van der Waals surface area contributed by atoms with E-state index in [4.69, 9.17) is 10.5 Å². The van der Waals surface area contributed by atoms with Gasteiger partial charge in [0.15, 0.2) is 17.3 Å². The molecule has 0 spiro atoms. The summed E-state index contributed by atoms with van der Waals surface area (Å²) < 4.78 is 5.43. The molecule has 0 atom stereocenters. The lowest BCUT2D eigenvalue weighted by Crippen LogP contribution is -2.29. The number of hydrogen-bond acceptors (Lipinski definition) is 7. The maximum absolute atomic E-state index is 12.1. The Hall–Kier alpha value is -3.90. The van der Waals surface area contributed by atoms with Crippen LogP contribution in [0, 0.1) is 11.8 Å². The summed E-state index contributed by atoms with van der Waals surface area (Å²) in [5.74, 6) is 6.14. The number of primary amides is 1. The molecule has 9 heteroatoms. The molecule has 1 fully saturated rings. The summed E-state index contributed by atoms with van der Waals surface area (Å²) in [6, 6.07) is 7.66. The Kier molecular flexibility index (Phi) is 9.00. The number of hydrogen-bond donors (Lipinski definition) is 4. The third-order valence-corrected chi connectivity index (χ3v) is 5.19. The summed E-state index contributed by atoms with van der Waals surface area (Å²) >= 11 is 0. The Labute approximate surface area is 199 Å². The molecule has 0 unspecified atom stereocenters. The van der Waals surface area contributed by atoms with Crippen molar-refractivity contribution < 1.29 is 14.3 Å². The summed E-state index contributed by atoms with van der Waals surface area (Å²) in [6.45, 7) is 7.21. The molecule has 2 heterocycles. The number of ether oxygens (including phenoxy) is 1. The molecule has 34 heavy (non-hydrogen) atoms. The Bertz CT molecular complexity index is 1100. The first kappa shape index (κ1) is 24.7. The van der Waals surface area contributed by atoms with Crippen LogP contribution in [0.15, 0.2) is 36.9 Å². The number of nitrogens with two attached hydrogens (primary N) is 1. The van der Waals surface area contributed by atoms with Crippen molar-refractivity contribution >= 4 is 29.1 Å². The fraction of sp³-hybridized carbons (Fsp3) is 0.360. The number of carbonyl (C=O) groups is 2. The molecule has 3 rings (SSSR count). The van der Waals surface area contributed by atoms with Crippen LogP contribution in [0.4, 0.5) is 17.3 Å². The van der Waals surface area contributed by atoms with E-state index in [0.29, 0.717) is 49.8 Å². The van der Waals surface area contributed by atoms with Crippen LogP contribution < -0.4 is 21.7 Å². The van der Waals surface area contributed by atoms with E-state index in [9.17, 15) is 9.59 Å². The van der Waals surface area contributed by atoms with E-state index in [1.807, 2.05) is 31.2 Å². The van der Waals surface area contributed by atoms with Crippen LogP contribution in [0.2, 0.25) is 0 Å². The first-order chi connectivity index (χ1) is 16.5. The van der Waals surface area contributed by atoms with Crippen LogP contribution >= 0.6 is 0 Å². The van der Waals surface area contributed by atoms with Crippen molar-refractivity contribution in [3.63, 3.8) is 0 Å². The lowest BCUT2D eigenvalue weighted by atomic mass is 10.1. The zero-order chi connectivity index (χ0) is 24.3. The lowest BCUT2D eigenvalue weighted by molar-refractivity contribution is -0.116. The molecule has 1 saturated heterocycles. The molecule has 1 aromatic heterocycles. The molecule has 1 aliphatic rings. The smallest absolute Gasteiger partial charge is 0.271 e. The molecular formula is C25H30N6O3. The quantitative estimate of drug-likeness (QED) is 0.256. The highest BCUT2D eigenvalue weighted by Gasteiger charge is 2.20. The van der Waals surface area contributed by atoms with Crippen LogP contribution in [0.5, 0.6) is 0 Å². The number of benzene rings is 1. The van der Waals surface area contributed by atoms with Gasteiger partial charge in [-0.25, -0.2) is 9.97 Å². The molecule has 0 bridgehead atoms. The second kappa shape index (κ2) is 12.4. The largest absolute Gasteiger partial charge is 0.381 e. The highest BCUT2D eigenvalue weighted by atomic mass is 16.5. The van der Waals surface area contributed by atoms with Gasteiger partial charge in [-0.3, -0.25) is 9.59 Å². The maximum atomic E-state index is 12.1. The third kappa shape index (κ3) is 7.05. The van der Waals surface area contributed by atoms with Crippen molar-refractivity contribution in [1.29, 1.82) is 0 Å². The lowest BCUT2D eigenvalue weighted by Gasteiger charge is -2.25. The average molecular weight is 463 g/mol. The number of anilines is 3. The molecule has 9 nitrogen and oxygen atoms in total. The van der Waals surface area contributed by atoms with Gasteiger partial charge in [-0.15, -0.1) is 0 Å². The second-order valence-electron chi connectivity index (χ2n) is 7.72. The first-order valence-electron chi connectivity index (χ1n) is 11.3. The first-order valence-corrected chi connectivity index (χ1v) is 11.3. The molecule has 5 N–H and O–H groups in total. The Morgan fingerprint density at radius 3 is 2.76 bits per heavy atom. The van der Waals surface area contributed by atoms with Crippen LogP contribution in [0.3, 0.4) is 0 Å². The topological polar surface area (TPSA) is 131 Å². The van der Waals surface area contributed by atoms with Crippen molar-refractivity contribution in [2.45, 2.75) is 38.6 Å². The fourth-order valence-electron chi connectivity index (χ4n) is 3.42. The zero-order valence-electron chi connectivity index (χ0n) is 19.3. The van der Waals surface area contributed by atoms with Crippen LogP contribution in [-0.2, 0) is 16.0 Å². The summed E-state index contributed by atoms with van der Waals surface area (Å²) in [6.07, 6.45) is 4.10. The maximum Gasteiger partial charge on any atom is 0.271 e. The normalized spacial score (nSPS) is 13.3. The summed E-state index contributed by atoms with van der Waals surface area (Å²) in [4.78, 5) is 32.5. The highest BCUT2D eigenvalue weighted by Crippen LogP contribution is 2.24. The van der Waals surface area contributed by atoms with Crippen LogP contribution in [-0.4, -0.2) is 47.6 Å². The molecule has 0 radical (unpaired) electrons. The number of carbonyl (C=O) groups excluding carboxylic acids is 2. The minimum atomic E-state index is -0.653. The van der Waals surface area contributed by atoms with Gasteiger partial charge in [-0.1, -0.05) is 31.4 Å². The monoisotopic (exact) mass is 462 g/mol. The summed E-state index contributed by atoms with van der Waals surface area (Å²) in [5, 5.41) is 9.30. The molecule has 2 aromatic rings. The number of aromatic nitrogens is 2. The van der Waals surface area contributed by atoms with Gasteiger partial charge in [0.1, 0.15) is 0 Å². The predicted molar refractivity (Wildman–Crippen MR) is 132 cm³/mol. The van der Waals surface area contributed by atoms with Gasteiger partial charge in [-0.2, -0.15) is 0 Å². The van der Waals surface area contributed by atoms with E-state index in [0.717, 1.165) is 18.4 Å². The van der Waals surface area contributed by atoms with Gasteiger partial charge in [0, 0.05) is 43.5 Å². The molecule has 0 aliphatic carbocycles. The number of nitrogens with zero attached hydrogens (tertiary/aromatic N) is 2.